The summed E-state index contributed by atoms with van der Waals surface area (Å²) in [4.78, 5) is 2.42. The van der Waals surface area contributed by atoms with Gasteiger partial charge in [-0.1, -0.05) is 29.6 Å². The minimum Gasteiger partial charge on any atom is -0.409 e. The van der Waals surface area contributed by atoms with Crippen molar-refractivity contribution in [3.63, 3.8) is 0 Å². The first-order valence-corrected chi connectivity index (χ1v) is 7.62. The fourth-order valence-corrected chi connectivity index (χ4v) is 3.89. The van der Waals surface area contributed by atoms with Crippen molar-refractivity contribution in [1.29, 1.82) is 0 Å². The van der Waals surface area contributed by atoms with Gasteiger partial charge < -0.3 is 15.8 Å². The van der Waals surface area contributed by atoms with Crippen LogP contribution in [0, 0.1) is 5.92 Å². The zero-order valence-corrected chi connectivity index (χ0v) is 12.2. The molecule has 108 valence electrons. The molecule has 2 unspecified atom stereocenters. The standard InChI is InChI=1S/C15H20ClN3O/c16-11-5-6-14(12(9-11)15(17)18-20)19-8-7-10-3-1-2-4-13(10)19/h5-6,9-10,13,20H,1-4,7-8H2,(H2,17,18). The molecule has 2 aliphatic rings. The number of fused-ring (bicyclic) bond motifs is 1. The zero-order chi connectivity index (χ0) is 14.1. The minimum absolute atomic E-state index is 0.127. The van der Waals surface area contributed by atoms with Gasteiger partial charge in [-0.2, -0.15) is 0 Å². The Morgan fingerprint density at radius 1 is 1.30 bits per heavy atom. The number of halogens is 1. The van der Waals surface area contributed by atoms with Gasteiger partial charge in [0.2, 0.25) is 0 Å². The van der Waals surface area contributed by atoms with Gasteiger partial charge in [-0.25, -0.2) is 0 Å². The Bertz CT molecular complexity index is 532. The van der Waals surface area contributed by atoms with Crippen LogP contribution in [0.5, 0.6) is 0 Å². The Labute approximate surface area is 124 Å². The van der Waals surface area contributed by atoms with Crippen molar-refractivity contribution in [1.82, 2.24) is 0 Å². The van der Waals surface area contributed by atoms with E-state index in [1.54, 1.807) is 6.07 Å². The molecule has 0 amide bonds. The van der Waals surface area contributed by atoms with Gasteiger partial charge in [0.25, 0.3) is 0 Å². The first-order valence-electron chi connectivity index (χ1n) is 7.25. The van der Waals surface area contributed by atoms with Gasteiger partial charge in [0.15, 0.2) is 5.84 Å². The summed E-state index contributed by atoms with van der Waals surface area (Å²) < 4.78 is 0. The van der Waals surface area contributed by atoms with Gasteiger partial charge in [-0.05, 0) is 43.4 Å². The second kappa shape index (κ2) is 5.52. The van der Waals surface area contributed by atoms with Crippen LogP contribution in [0.1, 0.15) is 37.7 Å². The van der Waals surface area contributed by atoms with Crippen molar-refractivity contribution < 1.29 is 5.21 Å². The zero-order valence-electron chi connectivity index (χ0n) is 11.4. The molecule has 5 heteroatoms. The van der Waals surface area contributed by atoms with Crippen molar-refractivity contribution in [2.45, 2.75) is 38.1 Å². The van der Waals surface area contributed by atoms with Gasteiger partial charge >= 0.3 is 0 Å². The Hall–Kier alpha value is -1.42. The summed E-state index contributed by atoms with van der Waals surface area (Å²) in [7, 11) is 0. The number of rotatable bonds is 2. The van der Waals surface area contributed by atoms with Crippen LogP contribution >= 0.6 is 11.6 Å². The lowest BCUT2D eigenvalue weighted by Gasteiger charge is -2.34. The fourth-order valence-electron chi connectivity index (χ4n) is 3.72. The van der Waals surface area contributed by atoms with E-state index < -0.39 is 0 Å². The number of amidine groups is 1. The number of hydrogen-bond donors (Lipinski definition) is 2. The van der Waals surface area contributed by atoms with E-state index in [4.69, 9.17) is 22.5 Å². The van der Waals surface area contributed by atoms with Gasteiger partial charge in [-0.15, -0.1) is 0 Å². The SMILES string of the molecule is N/C(=N/O)c1cc(Cl)ccc1N1CCC2CCCCC21. The molecule has 0 spiro atoms. The van der Waals surface area contributed by atoms with E-state index in [2.05, 4.69) is 10.1 Å². The predicted molar refractivity (Wildman–Crippen MR) is 81.7 cm³/mol. The molecular weight excluding hydrogens is 274 g/mol. The Morgan fingerprint density at radius 3 is 2.90 bits per heavy atom. The second-order valence-corrected chi connectivity index (χ2v) is 6.18. The molecule has 2 atom stereocenters. The molecule has 0 bridgehead atoms. The predicted octanol–water partition coefficient (Wildman–Crippen LogP) is 3.20. The van der Waals surface area contributed by atoms with E-state index in [9.17, 15) is 0 Å². The number of benzene rings is 1. The second-order valence-electron chi connectivity index (χ2n) is 5.74. The highest BCUT2D eigenvalue weighted by Gasteiger charge is 2.36. The highest BCUT2D eigenvalue weighted by Crippen LogP contribution is 2.40. The summed E-state index contributed by atoms with van der Waals surface area (Å²) >= 11 is 6.05. The van der Waals surface area contributed by atoms with Crippen molar-refractivity contribution in [2.75, 3.05) is 11.4 Å². The van der Waals surface area contributed by atoms with Crippen LogP contribution in [0.3, 0.4) is 0 Å². The monoisotopic (exact) mass is 293 g/mol. The molecule has 1 saturated heterocycles. The van der Waals surface area contributed by atoms with E-state index in [0.717, 1.165) is 23.7 Å². The molecule has 1 aliphatic heterocycles. The fraction of sp³-hybridized carbons (Fsp3) is 0.533. The van der Waals surface area contributed by atoms with Crippen molar-refractivity contribution in [3.05, 3.63) is 28.8 Å². The normalized spacial score (nSPS) is 26.6. The van der Waals surface area contributed by atoms with Crippen molar-refractivity contribution in [2.24, 2.45) is 16.8 Å². The highest BCUT2D eigenvalue weighted by molar-refractivity contribution is 6.31. The maximum Gasteiger partial charge on any atom is 0.172 e. The van der Waals surface area contributed by atoms with E-state index in [1.165, 1.54) is 32.1 Å². The van der Waals surface area contributed by atoms with Crippen LogP contribution in [0.2, 0.25) is 5.02 Å². The maximum absolute atomic E-state index is 8.98. The molecular formula is C15H20ClN3O. The molecule has 2 fully saturated rings. The number of nitrogens with two attached hydrogens (primary N) is 1. The van der Waals surface area contributed by atoms with Crippen LogP contribution < -0.4 is 10.6 Å². The third-order valence-electron chi connectivity index (χ3n) is 4.66. The average molecular weight is 294 g/mol. The minimum atomic E-state index is 0.127. The Kier molecular flexibility index (Phi) is 3.74. The summed E-state index contributed by atoms with van der Waals surface area (Å²) in [6, 6.07) is 6.24. The van der Waals surface area contributed by atoms with Crippen LogP contribution in [0.4, 0.5) is 5.69 Å². The smallest absolute Gasteiger partial charge is 0.172 e. The molecule has 0 aromatic heterocycles. The van der Waals surface area contributed by atoms with Crippen molar-refractivity contribution >= 4 is 23.1 Å². The summed E-state index contributed by atoms with van der Waals surface area (Å²) in [6.45, 7) is 1.04. The summed E-state index contributed by atoms with van der Waals surface area (Å²) in [5, 5.41) is 12.7. The van der Waals surface area contributed by atoms with E-state index in [1.807, 2.05) is 12.1 Å². The topological polar surface area (TPSA) is 61.9 Å². The first-order chi connectivity index (χ1) is 9.70. The van der Waals surface area contributed by atoms with Gasteiger partial charge in [0, 0.05) is 28.9 Å². The molecule has 1 aromatic carbocycles. The molecule has 1 aliphatic carbocycles. The Morgan fingerprint density at radius 2 is 2.10 bits per heavy atom. The quantitative estimate of drug-likeness (QED) is 0.381. The summed E-state index contributed by atoms with van der Waals surface area (Å²) in [6.07, 6.45) is 6.45. The van der Waals surface area contributed by atoms with Crippen molar-refractivity contribution in [3.8, 4) is 0 Å². The van der Waals surface area contributed by atoms with Crippen LogP contribution in [0.25, 0.3) is 0 Å². The third-order valence-corrected chi connectivity index (χ3v) is 4.90. The molecule has 1 saturated carbocycles. The lowest BCUT2D eigenvalue weighted by Crippen LogP contribution is -2.36. The number of anilines is 1. The summed E-state index contributed by atoms with van der Waals surface area (Å²) in [5.74, 6) is 0.918. The first kappa shape index (κ1) is 13.6. The highest BCUT2D eigenvalue weighted by atomic mass is 35.5. The van der Waals surface area contributed by atoms with Gasteiger partial charge in [-0.3, -0.25) is 0 Å². The molecule has 3 rings (SSSR count). The third kappa shape index (κ3) is 2.33. The molecule has 0 radical (unpaired) electrons. The van der Waals surface area contributed by atoms with E-state index in [-0.39, 0.29) is 5.84 Å². The van der Waals surface area contributed by atoms with Crippen LogP contribution in [0.15, 0.2) is 23.4 Å². The molecule has 1 aromatic rings. The summed E-state index contributed by atoms with van der Waals surface area (Å²) in [5.41, 5.74) is 7.58. The van der Waals surface area contributed by atoms with E-state index in [0.29, 0.717) is 11.1 Å². The molecule has 3 N–H and O–H groups in total. The lowest BCUT2D eigenvalue weighted by atomic mass is 9.85. The number of nitrogens with zero attached hydrogens (tertiary/aromatic N) is 2. The maximum atomic E-state index is 8.98. The van der Waals surface area contributed by atoms with Gasteiger partial charge in [0.05, 0.1) is 0 Å². The largest absolute Gasteiger partial charge is 0.409 e. The van der Waals surface area contributed by atoms with Crippen LogP contribution in [-0.2, 0) is 0 Å². The Balaban J connectivity index is 1.97. The molecule has 4 nitrogen and oxygen atoms in total. The number of oxime groups is 1. The van der Waals surface area contributed by atoms with Crippen LogP contribution in [-0.4, -0.2) is 23.6 Å². The molecule has 20 heavy (non-hydrogen) atoms. The number of hydrogen-bond acceptors (Lipinski definition) is 3. The lowest BCUT2D eigenvalue weighted by molar-refractivity contribution is 0.318. The average Bonchev–Trinajstić information content (AvgIpc) is 2.90. The van der Waals surface area contributed by atoms with E-state index >= 15 is 0 Å². The molecule has 1 heterocycles. The van der Waals surface area contributed by atoms with Gasteiger partial charge in [0.1, 0.15) is 0 Å².